The zero-order chi connectivity index (χ0) is 18.6. The number of carbonyl (C=O) groups is 1. The van der Waals surface area contributed by atoms with Gasteiger partial charge in [-0.05, 0) is 42.7 Å². The molecule has 1 atom stereocenters. The maximum absolute atomic E-state index is 13.4. The van der Waals surface area contributed by atoms with Gasteiger partial charge >= 0.3 is 0 Å². The summed E-state index contributed by atoms with van der Waals surface area (Å²) in [7, 11) is 0. The molecule has 7 heteroatoms. The van der Waals surface area contributed by atoms with Gasteiger partial charge in [0.25, 0.3) is 5.91 Å². The van der Waals surface area contributed by atoms with Gasteiger partial charge in [0.1, 0.15) is 0 Å². The van der Waals surface area contributed by atoms with Gasteiger partial charge in [0.15, 0.2) is 17.2 Å². The molecule has 0 saturated carbocycles. The molecular weight excluding hydrogens is 340 g/mol. The van der Waals surface area contributed by atoms with Crippen LogP contribution in [0.4, 0.5) is 8.78 Å². The number of benzene rings is 1. The summed E-state index contributed by atoms with van der Waals surface area (Å²) in [6.07, 6.45) is 2.67. The van der Waals surface area contributed by atoms with E-state index in [2.05, 4.69) is 10.3 Å². The second kappa shape index (κ2) is 7.88. The number of aromatic nitrogens is 1. The Balaban J connectivity index is 1.61. The van der Waals surface area contributed by atoms with E-state index in [-0.39, 0.29) is 13.1 Å². The third-order valence-electron chi connectivity index (χ3n) is 4.51. The maximum Gasteiger partial charge on any atom is 0.256 e. The summed E-state index contributed by atoms with van der Waals surface area (Å²) in [4.78, 5) is 18.4. The first-order valence-electron chi connectivity index (χ1n) is 8.54. The molecule has 2 heterocycles. The number of nitrogens with one attached hydrogen (secondary N) is 1. The maximum atomic E-state index is 13.4. The Morgan fingerprint density at radius 2 is 2.08 bits per heavy atom. The predicted octanol–water partition coefficient (Wildman–Crippen LogP) is 2.00. The molecule has 0 spiro atoms. The molecule has 1 fully saturated rings. The molecule has 2 N–H and O–H groups in total. The van der Waals surface area contributed by atoms with E-state index in [9.17, 15) is 18.7 Å². The highest BCUT2D eigenvalue weighted by molar-refractivity contribution is 5.86. The quantitative estimate of drug-likeness (QED) is 0.826. The largest absolute Gasteiger partial charge is 0.379 e. The zero-order valence-electron chi connectivity index (χ0n) is 14.3. The minimum atomic E-state index is -1.51. The Hall–Kier alpha value is -2.38. The summed E-state index contributed by atoms with van der Waals surface area (Å²) in [5.74, 6) is -2.27. The first-order valence-corrected chi connectivity index (χ1v) is 8.54. The lowest BCUT2D eigenvalue weighted by atomic mass is 9.91. The van der Waals surface area contributed by atoms with Crippen molar-refractivity contribution in [2.45, 2.75) is 31.5 Å². The van der Waals surface area contributed by atoms with E-state index in [1.807, 2.05) is 18.2 Å². The van der Waals surface area contributed by atoms with Gasteiger partial charge in [0, 0.05) is 32.4 Å². The lowest BCUT2D eigenvalue weighted by Crippen LogP contribution is -2.57. The number of amides is 1. The number of aliphatic hydroxyl groups is 1. The third-order valence-corrected chi connectivity index (χ3v) is 4.51. The topological polar surface area (TPSA) is 65.5 Å². The van der Waals surface area contributed by atoms with Crippen molar-refractivity contribution in [1.82, 2.24) is 15.2 Å². The Labute approximate surface area is 150 Å². The van der Waals surface area contributed by atoms with Crippen molar-refractivity contribution < 1.29 is 18.7 Å². The molecule has 26 heavy (non-hydrogen) atoms. The van der Waals surface area contributed by atoms with Gasteiger partial charge in [-0.15, -0.1) is 0 Å². The van der Waals surface area contributed by atoms with Crippen LogP contribution in [-0.2, 0) is 17.9 Å². The van der Waals surface area contributed by atoms with Crippen molar-refractivity contribution in [3.63, 3.8) is 0 Å². The molecule has 1 aliphatic heterocycles. The highest BCUT2D eigenvalue weighted by Gasteiger charge is 2.41. The van der Waals surface area contributed by atoms with Crippen molar-refractivity contribution in [3.8, 4) is 0 Å². The smallest absolute Gasteiger partial charge is 0.256 e. The van der Waals surface area contributed by atoms with E-state index in [1.165, 1.54) is 11.0 Å². The fourth-order valence-corrected chi connectivity index (χ4v) is 3.14. The number of hydrogen-bond donors (Lipinski definition) is 2. The molecule has 1 amide bonds. The Morgan fingerprint density at radius 1 is 1.23 bits per heavy atom. The highest BCUT2D eigenvalue weighted by atomic mass is 19.2. The molecule has 1 unspecified atom stereocenters. The van der Waals surface area contributed by atoms with Gasteiger partial charge < -0.3 is 15.3 Å². The van der Waals surface area contributed by atoms with Crippen molar-refractivity contribution in [3.05, 3.63) is 65.5 Å². The van der Waals surface area contributed by atoms with Crippen molar-refractivity contribution >= 4 is 5.91 Å². The molecule has 2 aromatic rings. The number of pyridine rings is 1. The predicted molar refractivity (Wildman–Crippen MR) is 91.9 cm³/mol. The van der Waals surface area contributed by atoms with Crippen molar-refractivity contribution in [2.75, 3.05) is 13.1 Å². The number of nitrogens with zero attached hydrogens (tertiary/aromatic N) is 2. The van der Waals surface area contributed by atoms with Crippen molar-refractivity contribution in [1.29, 1.82) is 0 Å². The molecule has 1 aliphatic rings. The first-order chi connectivity index (χ1) is 12.5. The molecule has 1 aromatic carbocycles. The fourth-order valence-electron chi connectivity index (χ4n) is 3.14. The monoisotopic (exact) mass is 361 g/mol. The van der Waals surface area contributed by atoms with Crippen LogP contribution in [0.25, 0.3) is 0 Å². The number of halogens is 2. The average Bonchev–Trinajstić information content (AvgIpc) is 2.63. The molecular formula is C19H21F2N3O2. The minimum absolute atomic E-state index is 0.108. The van der Waals surface area contributed by atoms with Crippen LogP contribution in [0, 0.1) is 11.6 Å². The van der Waals surface area contributed by atoms with Gasteiger partial charge in [0.05, 0.1) is 5.69 Å². The summed E-state index contributed by atoms with van der Waals surface area (Å²) < 4.78 is 26.4. The van der Waals surface area contributed by atoms with Crippen LogP contribution in [0.3, 0.4) is 0 Å². The molecule has 1 saturated heterocycles. The summed E-state index contributed by atoms with van der Waals surface area (Å²) in [5, 5.41) is 13.8. The molecule has 138 valence electrons. The van der Waals surface area contributed by atoms with E-state index in [4.69, 9.17) is 0 Å². The van der Waals surface area contributed by atoms with Gasteiger partial charge in [0.2, 0.25) is 0 Å². The van der Waals surface area contributed by atoms with Crippen LogP contribution in [-0.4, -0.2) is 39.6 Å². The van der Waals surface area contributed by atoms with E-state index < -0.39 is 23.1 Å². The average molecular weight is 361 g/mol. The zero-order valence-corrected chi connectivity index (χ0v) is 14.3. The number of piperidine rings is 1. The first kappa shape index (κ1) is 18.4. The lowest BCUT2D eigenvalue weighted by molar-refractivity contribution is -0.157. The summed E-state index contributed by atoms with van der Waals surface area (Å²) in [6.45, 7) is 1.16. The van der Waals surface area contributed by atoms with Crippen LogP contribution >= 0.6 is 0 Å². The molecule has 1 aromatic heterocycles. The van der Waals surface area contributed by atoms with Gasteiger partial charge in [-0.3, -0.25) is 9.78 Å². The number of hydrogen-bond acceptors (Lipinski definition) is 4. The van der Waals surface area contributed by atoms with Crippen LogP contribution in [0.5, 0.6) is 0 Å². The highest BCUT2D eigenvalue weighted by Crippen LogP contribution is 2.24. The van der Waals surface area contributed by atoms with Gasteiger partial charge in [-0.25, -0.2) is 8.78 Å². The SMILES string of the molecule is O=C1N(Cc2ccc(F)c(F)c2)CCCC1(O)CNCc1ccccn1. The molecule has 0 aliphatic carbocycles. The van der Waals surface area contributed by atoms with Crippen LogP contribution in [0.15, 0.2) is 42.6 Å². The summed E-state index contributed by atoms with van der Waals surface area (Å²) in [6, 6.07) is 9.11. The number of rotatable bonds is 6. The summed E-state index contributed by atoms with van der Waals surface area (Å²) >= 11 is 0. The van der Waals surface area contributed by atoms with Crippen LogP contribution < -0.4 is 5.32 Å². The molecule has 3 rings (SSSR count). The standard InChI is InChI=1S/C19H21F2N3O2/c20-16-6-5-14(10-17(16)21)12-24-9-3-7-19(26,18(24)25)13-22-11-15-4-1-2-8-23-15/h1-2,4-6,8,10,22,26H,3,7,9,11-13H2. The van der Waals surface area contributed by atoms with E-state index in [0.29, 0.717) is 31.5 Å². The molecule has 0 radical (unpaired) electrons. The molecule has 0 bridgehead atoms. The van der Waals surface area contributed by atoms with Crippen LogP contribution in [0.2, 0.25) is 0 Å². The second-order valence-electron chi connectivity index (χ2n) is 6.53. The van der Waals surface area contributed by atoms with Gasteiger partial charge in [-0.2, -0.15) is 0 Å². The number of likely N-dealkylation sites (tertiary alicyclic amines) is 1. The normalized spacial score (nSPS) is 20.4. The second-order valence-corrected chi connectivity index (χ2v) is 6.53. The van der Waals surface area contributed by atoms with E-state index >= 15 is 0 Å². The fraction of sp³-hybridized carbons (Fsp3) is 0.368. The Kier molecular flexibility index (Phi) is 5.58. The summed E-state index contributed by atoms with van der Waals surface area (Å²) in [5.41, 5.74) is -0.202. The van der Waals surface area contributed by atoms with Gasteiger partial charge in [-0.1, -0.05) is 12.1 Å². The van der Waals surface area contributed by atoms with E-state index in [0.717, 1.165) is 17.8 Å². The number of carbonyl (C=O) groups excluding carboxylic acids is 1. The van der Waals surface area contributed by atoms with Crippen LogP contribution in [0.1, 0.15) is 24.1 Å². The third kappa shape index (κ3) is 4.23. The molecule has 5 nitrogen and oxygen atoms in total. The van der Waals surface area contributed by atoms with E-state index in [1.54, 1.807) is 6.20 Å². The minimum Gasteiger partial charge on any atom is -0.379 e. The lowest BCUT2D eigenvalue weighted by Gasteiger charge is -2.38. The Morgan fingerprint density at radius 3 is 2.81 bits per heavy atom. The Bertz CT molecular complexity index is 773. The van der Waals surface area contributed by atoms with Crippen molar-refractivity contribution in [2.24, 2.45) is 0 Å².